The van der Waals surface area contributed by atoms with Gasteiger partial charge in [-0.2, -0.15) is 0 Å². The number of nitrogens with zero attached hydrogens (tertiary/aromatic N) is 4. The molecule has 0 bridgehead atoms. The molecule has 10 heteroatoms. The summed E-state index contributed by atoms with van der Waals surface area (Å²) in [7, 11) is -3.82. The molecule has 3 aromatic rings. The van der Waals surface area contributed by atoms with Gasteiger partial charge in [0.25, 0.3) is 15.7 Å². The molecule has 1 aromatic heterocycles. The van der Waals surface area contributed by atoms with Crippen molar-refractivity contribution in [1.82, 2.24) is 9.88 Å². The fraction of sp³-hybridized carbons (Fsp3) is 0.227. The van der Waals surface area contributed by atoms with Crippen LogP contribution in [0.2, 0.25) is 0 Å². The first-order chi connectivity index (χ1) is 15.4. The van der Waals surface area contributed by atoms with E-state index in [2.05, 4.69) is 19.5 Å². The number of nitro groups is 1. The summed E-state index contributed by atoms with van der Waals surface area (Å²) >= 11 is 0. The van der Waals surface area contributed by atoms with E-state index in [9.17, 15) is 18.5 Å². The molecule has 0 amide bonds. The van der Waals surface area contributed by atoms with Crippen LogP contribution < -0.4 is 9.62 Å². The average Bonchev–Trinajstić information content (AvgIpc) is 2.81. The van der Waals surface area contributed by atoms with Gasteiger partial charge in [0, 0.05) is 56.7 Å². The predicted molar refractivity (Wildman–Crippen MR) is 122 cm³/mol. The zero-order chi connectivity index (χ0) is 22.6. The number of anilines is 2. The molecule has 2 heterocycles. The van der Waals surface area contributed by atoms with Crippen molar-refractivity contribution in [2.75, 3.05) is 35.8 Å². The van der Waals surface area contributed by atoms with Gasteiger partial charge in [0.2, 0.25) is 0 Å². The number of hydrogen-bond acceptors (Lipinski definition) is 7. The van der Waals surface area contributed by atoms with Crippen LogP contribution in [0.5, 0.6) is 0 Å². The molecule has 0 radical (unpaired) electrons. The van der Waals surface area contributed by atoms with Crippen molar-refractivity contribution in [2.24, 2.45) is 0 Å². The van der Waals surface area contributed by atoms with Gasteiger partial charge in [-0.1, -0.05) is 18.2 Å². The van der Waals surface area contributed by atoms with Crippen molar-refractivity contribution in [3.8, 4) is 0 Å². The smallest absolute Gasteiger partial charge is 0.269 e. The van der Waals surface area contributed by atoms with E-state index >= 15 is 0 Å². The van der Waals surface area contributed by atoms with Crippen LogP contribution in [0, 0.1) is 10.1 Å². The lowest BCUT2D eigenvalue weighted by Crippen LogP contribution is -2.46. The van der Waals surface area contributed by atoms with Gasteiger partial charge in [-0.3, -0.25) is 19.7 Å². The lowest BCUT2D eigenvalue weighted by Gasteiger charge is -2.35. The first-order valence-corrected chi connectivity index (χ1v) is 11.6. The van der Waals surface area contributed by atoms with Crippen molar-refractivity contribution in [3.63, 3.8) is 0 Å². The largest absolute Gasteiger partial charge is 0.354 e. The van der Waals surface area contributed by atoms with Gasteiger partial charge < -0.3 is 4.90 Å². The normalized spacial score (nSPS) is 14.8. The molecule has 1 aliphatic heterocycles. The second-order valence-corrected chi connectivity index (χ2v) is 9.19. The van der Waals surface area contributed by atoms with Crippen LogP contribution >= 0.6 is 0 Å². The fourth-order valence-corrected chi connectivity index (χ4v) is 4.63. The molecule has 1 N–H and O–H groups in total. The van der Waals surface area contributed by atoms with Gasteiger partial charge in [0.05, 0.1) is 9.82 Å². The Hall–Kier alpha value is -3.50. The minimum Gasteiger partial charge on any atom is -0.354 e. The quantitative estimate of drug-likeness (QED) is 0.432. The van der Waals surface area contributed by atoms with Gasteiger partial charge >= 0.3 is 0 Å². The number of sulfonamides is 1. The van der Waals surface area contributed by atoms with Crippen molar-refractivity contribution >= 4 is 27.2 Å². The standard InChI is InChI=1S/C22H23N5O4S/c28-27(29)20-8-10-21(11-9-20)32(30,31)24-19-6-4-18(5-7-19)17-25-13-15-26(16-14-25)22-3-1-2-12-23-22/h1-12,24H,13-17H2. The van der Waals surface area contributed by atoms with Crippen LogP contribution in [0.1, 0.15) is 5.56 Å². The third-order valence-electron chi connectivity index (χ3n) is 5.32. The van der Waals surface area contributed by atoms with Crippen molar-refractivity contribution in [1.29, 1.82) is 0 Å². The maximum atomic E-state index is 12.5. The van der Waals surface area contributed by atoms with E-state index in [1.165, 1.54) is 24.3 Å². The molecule has 4 rings (SSSR count). The second kappa shape index (κ2) is 9.33. The molecule has 32 heavy (non-hydrogen) atoms. The van der Waals surface area contributed by atoms with Crippen molar-refractivity contribution < 1.29 is 13.3 Å². The molecule has 1 aliphatic rings. The fourth-order valence-electron chi connectivity index (χ4n) is 3.57. The molecule has 166 valence electrons. The van der Waals surface area contributed by atoms with E-state index < -0.39 is 14.9 Å². The Morgan fingerprint density at radius 1 is 0.938 bits per heavy atom. The molecule has 1 fully saturated rings. The number of aromatic nitrogens is 1. The number of hydrogen-bond donors (Lipinski definition) is 1. The van der Waals surface area contributed by atoms with Crippen LogP contribution in [-0.4, -0.2) is 49.4 Å². The molecule has 0 saturated carbocycles. The summed E-state index contributed by atoms with van der Waals surface area (Å²) < 4.78 is 27.6. The third kappa shape index (κ3) is 5.21. The highest BCUT2D eigenvalue weighted by molar-refractivity contribution is 7.92. The Morgan fingerprint density at radius 3 is 2.22 bits per heavy atom. The van der Waals surface area contributed by atoms with Crippen molar-refractivity contribution in [3.05, 3.63) is 88.6 Å². The molecule has 9 nitrogen and oxygen atoms in total. The Balaban J connectivity index is 1.33. The van der Waals surface area contributed by atoms with E-state index in [0.29, 0.717) is 5.69 Å². The summed E-state index contributed by atoms with van der Waals surface area (Å²) in [6.07, 6.45) is 1.80. The topological polar surface area (TPSA) is 109 Å². The zero-order valence-corrected chi connectivity index (χ0v) is 18.1. The monoisotopic (exact) mass is 453 g/mol. The number of nitro benzene ring substituents is 1. The highest BCUT2D eigenvalue weighted by Gasteiger charge is 2.19. The number of benzene rings is 2. The average molecular weight is 454 g/mol. The molecular formula is C22H23N5O4S. The van der Waals surface area contributed by atoms with Crippen LogP contribution in [0.3, 0.4) is 0 Å². The van der Waals surface area contributed by atoms with Gasteiger partial charge in [-0.25, -0.2) is 13.4 Å². The van der Waals surface area contributed by atoms with Gasteiger partial charge in [0.1, 0.15) is 5.82 Å². The van der Waals surface area contributed by atoms with E-state index in [0.717, 1.165) is 44.1 Å². The van der Waals surface area contributed by atoms with Gasteiger partial charge in [-0.15, -0.1) is 0 Å². The zero-order valence-electron chi connectivity index (χ0n) is 17.3. The number of nitrogens with one attached hydrogen (secondary N) is 1. The van der Waals surface area contributed by atoms with E-state index in [1.807, 2.05) is 30.3 Å². The van der Waals surface area contributed by atoms with Crippen LogP contribution in [0.4, 0.5) is 17.2 Å². The summed E-state index contributed by atoms with van der Waals surface area (Å²) in [5.41, 5.74) is 1.37. The van der Waals surface area contributed by atoms with E-state index in [1.54, 1.807) is 18.3 Å². The number of rotatable bonds is 7. The highest BCUT2D eigenvalue weighted by Crippen LogP contribution is 2.20. The SMILES string of the molecule is O=[N+]([O-])c1ccc(S(=O)(=O)Nc2ccc(CN3CCN(c4ccccn4)CC3)cc2)cc1. The summed E-state index contributed by atoms with van der Waals surface area (Å²) in [4.78, 5) is 19.2. The van der Waals surface area contributed by atoms with E-state index in [-0.39, 0.29) is 10.6 Å². The summed E-state index contributed by atoms with van der Waals surface area (Å²) in [6.45, 7) is 4.44. The van der Waals surface area contributed by atoms with Crippen LogP contribution in [0.25, 0.3) is 0 Å². The molecule has 0 aliphatic carbocycles. The van der Waals surface area contributed by atoms with Crippen LogP contribution in [0.15, 0.2) is 77.8 Å². The molecule has 0 unspecified atom stereocenters. The van der Waals surface area contributed by atoms with Crippen LogP contribution in [-0.2, 0) is 16.6 Å². The molecule has 0 spiro atoms. The second-order valence-electron chi connectivity index (χ2n) is 7.50. The number of pyridine rings is 1. The molecule has 0 atom stereocenters. The maximum absolute atomic E-state index is 12.5. The highest BCUT2D eigenvalue weighted by atomic mass is 32.2. The lowest BCUT2D eigenvalue weighted by atomic mass is 10.2. The Kier molecular flexibility index (Phi) is 6.33. The minimum atomic E-state index is -3.82. The Labute approximate surface area is 186 Å². The number of non-ortho nitro benzene ring substituents is 1. The summed E-state index contributed by atoms with van der Waals surface area (Å²) in [5.74, 6) is 0.997. The Morgan fingerprint density at radius 2 is 1.62 bits per heavy atom. The van der Waals surface area contributed by atoms with Gasteiger partial charge in [0.15, 0.2) is 0 Å². The predicted octanol–water partition coefficient (Wildman–Crippen LogP) is 3.11. The summed E-state index contributed by atoms with van der Waals surface area (Å²) in [5, 5.41) is 10.7. The van der Waals surface area contributed by atoms with Gasteiger partial charge in [-0.05, 0) is 42.0 Å². The molecular weight excluding hydrogens is 430 g/mol. The summed E-state index contributed by atoms with van der Waals surface area (Å²) in [6, 6.07) is 18.0. The minimum absolute atomic E-state index is 0.0297. The van der Waals surface area contributed by atoms with E-state index in [4.69, 9.17) is 0 Å². The first-order valence-electron chi connectivity index (χ1n) is 10.2. The van der Waals surface area contributed by atoms with Crippen molar-refractivity contribution in [2.45, 2.75) is 11.4 Å². The number of piperazine rings is 1. The lowest BCUT2D eigenvalue weighted by molar-refractivity contribution is -0.384. The molecule has 1 saturated heterocycles. The maximum Gasteiger partial charge on any atom is 0.269 e. The molecule has 2 aromatic carbocycles. The Bertz CT molecular complexity index is 1160. The first kappa shape index (κ1) is 21.7. The third-order valence-corrected chi connectivity index (χ3v) is 6.71.